The Labute approximate surface area is 181 Å². The SMILES string of the molecule is O=C(OCc1cccc2ccccc12)c1cc(S(=O)(=O)N2CCCCC2)ccc1Cl. The van der Waals surface area contributed by atoms with Crippen molar-refractivity contribution in [2.75, 3.05) is 13.1 Å². The highest BCUT2D eigenvalue weighted by molar-refractivity contribution is 7.89. The van der Waals surface area contributed by atoms with Gasteiger partial charge in [-0.05, 0) is 47.4 Å². The number of piperidine rings is 1. The molecule has 1 heterocycles. The molecule has 0 atom stereocenters. The van der Waals surface area contributed by atoms with Gasteiger partial charge in [0, 0.05) is 13.1 Å². The van der Waals surface area contributed by atoms with Crippen molar-refractivity contribution in [3.8, 4) is 0 Å². The molecular formula is C23H22ClNO4S. The van der Waals surface area contributed by atoms with Crippen LogP contribution in [0.5, 0.6) is 0 Å². The van der Waals surface area contributed by atoms with Gasteiger partial charge < -0.3 is 4.74 Å². The van der Waals surface area contributed by atoms with Crippen LogP contribution in [-0.4, -0.2) is 31.8 Å². The van der Waals surface area contributed by atoms with E-state index < -0.39 is 16.0 Å². The number of nitrogens with zero attached hydrogens (tertiary/aromatic N) is 1. The van der Waals surface area contributed by atoms with Gasteiger partial charge in [-0.1, -0.05) is 60.5 Å². The standard InChI is InChI=1S/C23H22ClNO4S/c24-22-12-11-19(30(27,28)25-13-4-1-5-14-25)15-21(22)23(26)29-16-18-9-6-8-17-7-2-3-10-20(17)18/h2-3,6-12,15H,1,4-5,13-14,16H2. The van der Waals surface area contributed by atoms with Crippen LogP contribution in [0.1, 0.15) is 35.2 Å². The van der Waals surface area contributed by atoms with Crippen molar-refractivity contribution in [1.82, 2.24) is 4.31 Å². The third kappa shape index (κ3) is 4.21. The molecule has 3 aromatic rings. The Kier molecular flexibility index (Phi) is 6.09. The molecule has 156 valence electrons. The molecule has 0 aromatic heterocycles. The van der Waals surface area contributed by atoms with Crippen molar-refractivity contribution < 1.29 is 17.9 Å². The number of hydrogen-bond acceptors (Lipinski definition) is 4. The van der Waals surface area contributed by atoms with Gasteiger partial charge in [-0.3, -0.25) is 0 Å². The number of esters is 1. The van der Waals surface area contributed by atoms with Crippen molar-refractivity contribution in [3.63, 3.8) is 0 Å². The highest BCUT2D eigenvalue weighted by atomic mass is 35.5. The van der Waals surface area contributed by atoms with Gasteiger partial charge in [0.2, 0.25) is 10.0 Å². The number of halogens is 1. The first-order chi connectivity index (χ1) is 14.5. The predicted octanol–water partition coefficient (Wildman–Crippen LogP) is 5.02. The Bertz CT molecular complexity index is 1180. The molecule has 7 heteroatoms. The number of carbonyl (C=O) groups is 1. The Morgan fingerprint density at radius 2 is 1.70 bits per heavy atom. The van der Waals surface area contributed by atoms with E-state index in [1.165, 1.54) is 22.5 Å². The summed E-state index contributed by atoms with van der Waals surface area (Å²) in [6.07, 6.45) is 2.71. The molecule has 4 rings (SSSR count). The van der Waals surface area contributed by atoms with Gasteiger partial charge in [0.15, 0.2) is 0 Å². The molecule has 0 N–H and O–H groups in total. The molecule has 0 radical (unpaired) electrons. The van der Waals surface area contributed by atoms with Crippen LogP contribution >= 0.6 is 11.6 Å². The summed E-state index contributed by atoms with van der Waals surface area (Å²) in [5.41, 5.74) is 0.921. The van der Waals surface area contributed by atoms with E-state index in [1.807, 2.05) is 42.5 Å². The zero-order valence-corrected chi connectivity index (χ0v) is 18.0. The summed E-state index contributed by atoms with van der Waals surface area (Å²) in [6.45, 7) is 1.05. The van der Waals surface area contributed by atoms with Gasteiger partial charge in [0.1, 0.15) is 6.61 Å². The minimum atomic E-state index is -3.66. The third-order valence-corrected chi connectivity index (χ3v) is 7.57. The fourth-order valence-electron chi connectivity index (χ4n) is 3.71. The topological polar surface area (TPSA) is 63.7 Å². The average molecular weight is 444 g/mol. The fraction of sp³-hybridized carbons (Fsp3) is 0.261. The fourth-order valence-corrected chi connectivity index (χ4v) is 5.45. The summed E-state index contributed by atoms with van der Waals surface area (Å²) in [7, 11) is -3.66. The van der Waals surface area contributed by atoms with Gasteiger partial charge in [-0.25, -0.2) is 13.2 Å². The van der Waals surface area contributed by atoms with Crippen molar-refractivity contribution >= 4 is 38.4 Å². The molecule has 1 saturated heterocycles. The lowest BCUT2D eigenvalue weighted by atomic mass is 10.1. The van der Waals surface area contributed by atoms with Crippen molar-refractivity contribution in [1.29, 1.82) is 0 Å². The molecule has 0 amide bonds. The summed E-state index contributed by atoms with van der Waals surface area (Å²) in [5.74, 6) is -0.649. The van der Waals surface area contributed by atoms with E-state index in [0.717, 1.165) is 35.6 Å². The van der Waals surface area contributed by atoms with E-state index in [-0.39, 0.29) is 22.1 Å². The first kappa shape index (κ1) is 20.8. The highest BCUT2D eigenvalue weighted by Crippen LogP contribution is 2.26. The number of hydrogen-bond donors (Lipinski definition) is 0. The van der Waals surface area contributed by atoms with E-state index in [0.29, 0.717) is 13.1 Å². The zero-order chi connectivity index (χ0) is 21.1. The average Bonchev–Trinajstić information content (AvgIpc) is 2.78. The predicted molar refractivity (Wildman–Crippen MR) is 117 cm³/mol. The van der Waals surface area contributed by atoms with Crippen molar-refractivity contribution in [2.45, 2.75) is 30.8 Å². The Morgan fingerprint density at radius 1 is 0.967 bits per heavy atom. The van der Waals surface area contributed by atoms with Gasteiger partial charge >= 0.3 is 5.97 Å². The number of rotatable bonds is 5. The number of carbonyl (C=O) groups excluding carboxylic acids is 1. The van der Waals surface area contributed by atoms with Gasteiger partial charge in [-0.2, -0.15) is 4.31 Å². The van der Waals surface area contributed by atoms with Crippen LogP contribution in [0.4, 0.5) is 0 Å². The second kappa shape index (κ2) is 8.76. The van der Waals surface area contributed by atoms with Gasteiger partial charge in [0.05, 0.1) is 15.5 Å². The first-order valence-electron chi connectivity index (χ1n) is 9.90. The summed E-state index contributed by atoms with van der Waals surface area (Å²) in [5, 5.41) is 2.22. The highest BCUT2D eigenvalue weighted by Gasteiger charge is 2.27. The summed E-state index contributed by atoms with van der Waals surface area (Å²) in [6, 6.07) is 17.8. The van der Waals surface area contributed by atoms with Gasteiger partial charge in [0.25, 0.3) is 0 Å². The zero-order valence-electron chi connectivity index (χ0n) is 16.4. The number of ether oxygens (including phenoxy) is 1. The normalized spacial score (nSPS) is 15.2. The number of sulfonamides is 1. The lowest BCUT2D eigenvalue weighted by Crippen LogP contribution is -2.35. The molecule has 0 saturated carbocycles. The van der Waals surface area contributed by atoms with Crippen LogP contribution in [0.25, 0.3) is 10.8 Å². The van der Waals surface area contributed by atoms with Crippen molar-refractivity contribution in [3.05, 3.63) is 76.8 Å². The number of benzene rings is 3. The maximum absolute atomic E-state index is 12.9. The maximum atomic E-state index is 12.9. The Hall–Kier alpha value is -2.41. The van der Waals surface area contributed by atoms with E-state index in [2.05, 4.69) is 0 Å². The molecule has 1 fully saturated rings. The summed E-state index contributed by atoms with van der Waals surface area (Å²) < 4.78 is 32.8. The lowest BCUT2D eigenvalue weighted by molar-refractivity contribution is 0.0474. The van der Waals surface area contributed by atoms with E-state index in [9.17, 15) is 13.2 Å². The first-order valence-corrected chi connectivity index (χ1v) is 11.7. The lowest BCUT2D eigenvalue weighted by Gasteiger charge is -2.26. The molecule has 0 bridgehead atoms. The molecule has 1 aliphatic rings. The van der Waals surface area contributed by atoms with Gasteiger partial charge in [-0.15, -0.1) is 0 Å². The van der Waals surface area contributed by atoms with Crippen LogP contribution in [0.3, 0.4) is 0 Å². The Balaban J connectivity index is 1.56. The van der Waals surface area contributed by atoms with Crippen LogP contribution < -0.4 is 0 Å². The molecular weight excluding hydrogens is 422 g/mol. The van der Waals surface area contributed by atoms with Crippen molar-refractivity contribution in [2.24, 2.45) is 0 Å². The van der Waals surface area contributed by atoms with E-state index in [4.69, 9.17) is 16.3 Å². The molecule has 0 unspecified atom stereocenters. The minimum absolute atomic E-state index is 0.0509. The monoisotopic (exact) mass is 443 g/mol. The largest absolute Gasteiger partial charge is 0.457 e. The molecule has 5 nitrogen and oxygen atoms in total. The minimum Gasteiger partial charge on any atom is -0.457 e. The second-order valence-corrected chi connectivity index (χ2v) is 9.67. The molecule has 3 aromatic carbocycles. The smallest absolute Gasteiger partial charge is 0.340 e. The summed E-state index contributed by atoms with van der Waals surface area (Å²) in [4.78, 5) is 12.8. The molecule has 1 aliphatic heterocycles. The van der Waals surface area contributed by atoms with Crippen LogP contribution in [0.15, 0.2) is 65.6 Å². The number of fused-ring (bicyclic) bond motifs is 1. The van der Waals surface area contributed by atoms with Crippen LogP contribution in [0.2, 0.25) is 5.02 Å². The maximum Gasteiger partial charge on any atom is 0.340 e. The molecule has 30 heavy (non-hydrogen) atoms. The van der Waals surface area contributed by atoms with Crippen LogP contribution in [-0.2, 0) is 21.4 Å². The quantitative estimate of drug-likeness (QED) is 0.519. The Morgan fingerprint density at radius 3 is 2.50 bits per heavy atom. The molecule has 0 spiro atoms. The van der Waals surface area contributed by atoms with Crippen LogP contribution in [0, 0.1) is 0 Å². The summed E-state index contributed by atoms with van der Waals surface area (Å²) >= 11 is 6.19. The van der Waals surface area contributed by atoms with E-state index in [1.54, 1.807) is 0 Å². The molecule has 0 aliphatic carbocycles. The second-order valence-electron chi connectivity index (χ2n) is 7.32. The third-order valence-electron chi connectivity index (χ3n) is 5.35. The van der Waals surface area contributed by atoms with E-state index >= 15 is 0 Å².